The Morgan fingerprint density at radius 1 is 1.50 bits per heavy atom. The van der Waals surface area contributed by atoms with Crippen LogP contribution >= 0.6 is 0 Å². The molecule has 0 fully saturated rings. The van der Waals surface area contributed by atoms with Crippen LogP contribution in [-0.2, 0) is 20.7 Å². The van der Waals surface area contributed by atoms with Crippen molar-refractivity contribution in [2.45, 2.75) is 19.4 Å². The van der Waals surface area contributed by atoms with Crippen LogP contribution in [0.2, 0.25) is 0 Å². The number of halogens is 1. The Balaban J connectivity index is 2.83. The molecular formula is C13H15FN2O6. The topological polar surface area (TPSA) is 119 Å². The van der Waals surface area contributed by atoms with Crippen LogP contribution < -0.4 is 5.32 Å². The number of rotatable bonds is 8. The lowest BCUT2D eigenvalue weighted by Crippen LogP contribution is -2.43. The third-order valence-electron chi connectivity index (χ3n) is 2.72. The number of carbonyl (C=O) groups is 2. The molecule has 0 aliphatic heterocycles. The van der Waals surface area contributed by atoms with Gasteiger partial charge >= 0.3 is 11.7 Å². The van der Waals surface area contributed by atoms with Crippen LogP contribution in [0.1, 0.15) is 12.5 Å². The second-order valence-electron chi connectivity index (χ2n) is 4.34. The standard InChI is InChI=1S/C13H15FN2O6/c1-2-22-7-12(17)15-10(13(18)19)5-8-3-4-9(14)11(6-8)16(20)21/h3-4,6,10H,2,5,7H2,1H3,(H,15,17)(H,18,19)/t10-/m1/s1. The quantitative estimate of drug-likeness (QED) is 0.543. The Morgan fingerprint density at radius 3 is 2.73 bits per heavy atom. The first kappa shape index (κ1) is 17.5. The summed E-state index contributed by atoms with van der Waals surface area (Å²) in [6, 6.07) is 1.76. The van der Waals surface area contributed by atoms with E-state index in [-0.39, 0.29) is 18.6 Å². The van der Waals surface area contributed by atoms with E-state index in [1.54, 1.807) is 6.92 Å². The number of amides is 1. The predicted octanol–water partition coefficient (Wildman–Crippen LogP) is 0.882. The van der Waals surface area contributed by atoms with Crippen LogP contribution in [0.3, 0.4) is 0 Å². The van der Waals surface area contributed by atoms with Gasteiger partial charge in [-0.25, -0.2) is 4.79 Å². The van der Waals surface area contributed by atoms with Gasteiger partial charge in [-0.15, -0.1) is 0 Å². The van der Waals surface area contributed by atoms with Crippen molar-refractivity contribution in [2.24, 2.45) is 0 Å². The van der Waals surface area contributed by atoms with Gasteiger partial charge in [0.2, 0.25) is 11.7 Å². The number of nitrogens with one attached hydrogen (secondary N) is 1. The molecule has 1 aromatic rings. The van der Waals surface area contributed by atoms with Crippen LogP contribution in [-0.4, -0.2) is 41.2 Å². The zero-order valence-corrected chi connectivity index (χ0v) is 11.7. The minimum Gasteiger partial charge on any atom is -0.480 e. The van der Waals surface area contributed by atoms with Crippen LogP contribution in [0.4, 0.5) is 10.1 Å². The number of nitro groups is 1. The molecule has 8 nitrogen and oxygen atoms in total. The van der Waals surface area contributed by atoms with Crippen molar-refractivity contribution in [3.63, 3.8) is 0 Å². The molecule has 9 heteroatoms. The molecule has 120 valence electrons. The number of nitro benzene ring substituents is 1. The molecule has 0 aliphatic carbocycles. The summed E-state index contributed by atoms with van der Waals surface area (Å²) >= 11 is 0. The Kier molecular flexibility index (Phi) is 6.39. The zero-order valence-electron chi connectivity index (χ0n) is 11.7. The minimum absolute atomic E-state index is 0.214. The average Bonchev–Trinajstić information content (AvgIpc) is 2.45. The normalized spacial score (nSPS) is 11.7. The molecule has 1 amide bonds. The Labute approximate surface area is 125 Å². The highest BCUT2D eigenvalue weighted by atomic mass is 19.1. The number of nitrogens with zero attached hydrogens (tertiary/aromatic N) is 1. The van der Waals surface area contributed by atoms with E-state index >= 15 is 0 Å². The molecule has 0 saturated heterocycles. The van der Waals surface area contributed by atoms with Crippen molar-refractivity contribution in [1.82, 2.24) is 5.32 Å². The summed E-state index contributed by atoms with van der Waals surface area (Å²) in [5.74, 6) is -2.94. The van der Waals surface area contributed by atoms with Gasteiger partial charge in [0.05, 0.1) is 4.92 Å². The smallest absolute Gasteiger partial charge is 0.326 e. The van der Waals surface area contributed by atoms with Gasteiger partial charge in [-0.3, -0.25) is 14.9 Å². The lowest BCUT2D eigenvalue weighted by atomic mass is 10.0. The van der Waals surface area contributed by atoms with Crippen LogP contribution in [0.25, 0.3) is 0 Å². The van der Waals surface area contributed by atoms with E-state index in [0.29, 0.717) is 6.61 Å². The number of carboxylic acids is 1. The van der Waals surface area contributed by atoms with E-state index < -0.39 is 34.3 Å². The molecule has 0 unspecified atom stereocenters. The largest absolute Gasteiger partial charge is 0.480 e. The third kappa shape index (κ3) is 5.09. The second kappa shape index (κ2) is 8.03. The van der Waals surface area contributed by atoms with Gasteiger partial charge in [-0.05, 0) is 18.6 Å². The Bertz CT molecular complexity index is 578. The van der Waals surface area contributed by atoms with Crippen molar-refractivity contribution in [2.75, 3.05) is 13.2 Å². The highest BCUT2D eigenvalue weighted by molar-refractivity contribution is 5.84. The van der Waals surface area contributed by atoms with E-state index in [2.05, 4.69) is 5.32 Å². The summed E-state index contributed by atoms with van der Waals surface area (Å²) in [5.41, 5.74) is -0.528. The molecule has 0 bridgehead atoms. The number of hydrogen-bond acceptors (Lipinski definition) is 5. The first-order valence-corrected chi connectivity index (χ1v) is 6.37. The summed E-state index contributed by atoms with van der Waals surface area (Å²) in [6.07, 6.45) is -0.214. The van der Waals surface area contributed by atoms with Gasteiger partial charge < -0.3 is 15.2 Å². The van der Waals surface area contributed by atoms with E-state index in [1.807, 2.05) is 0 Å². The van der Waals surface area contributed by atoms with Gasteiger partial charge in [-0.1, -0.05) is 6.07 Å². The van der Waals surface area contributed by atoms with E-state index in [4.69, 9.17) is 9.84 Å². The number of benzene rings is 1. The Hall–Kier alpha value is -2.55. The Morgan fingerprint density at radius 2 is 2.18 bits per heavy atom. The van der Waals surface area contributed by atoms with E-state index in [1.165, 1.54) is 6.07 Å². The van der Waals surface area contributed by atoms with Crippen molar-refractivity contribution >= 4 is 17.6 Å². The molecule has 0 saturated carbocycles. The first-order chi connectivity index (χ1) is 10.3. The van der Waals surface area contributed by atoms with E-state index in [0.717, 1.165) is 12.1 Å². The lowest BCUT2D eigenvalue weighted by Gasteiger charge is -2.14. The summed E-state index contributed by atoms with van der Waals surface area (Å²) < 4.78 is 18.1. The summed E-state index contributed by atoms with van der Waals surface area (Å²) in [4.78, 5) is 32.4. The SMILES string of the molecule is CCOCC(=O)N[C@H](Cc1ccc(F)c([N+](=O)[O-])c1)C(=O)O. The molecule has 1 rings (SSSR count). The van der Waals surface area contributed by atoms with Gasteiger partial charge in [0.25, 0.3) is 0 Å². The van der Waals surface area contributed by atoms with E-state index in [9.17, 15) is 24.1 Å². The van der Waals surface area contributed by atoms with Crippen molar-refractivity contribution in [3.8, 4) is 0 Å². The summed E-state index contributed by atoms with van der Waals surface area (Å²) in [7, 11) is 0. The minimum atomic E-state index is -1.31. The molecule has 0 aliphatic rings. The maximum Gasteiger partial charge on any atom is 0.326 e. The number of carboxylic acid groups (broad SMARTS) is 1. The summed E-state index contributed by atoms with van der Waals surface area (Å²) in [5, 5.41) is 22.0. The third-order valence-corrected chi connectivity index (χ3v) is 2.72. The molecule has 0 spiro atoms. The number of ether oxygens (including phenoxy) is 1. The molecule has 22 heavy (non-hydrogen) atoms. The lowest BCUT2D eigenvalue weighted by molar-refractivity contribution is -0.387. The van der Waals surface area contributed by atoms with Crippen LogP contribution in [0, 0.1) is 15.9 Å². The highest BCUT2D eigenvalue weighted by Crippen LogP contribution is 2.19. The fraction of sp³-hybridized carbons (Fsp3) is 0.385. The second-order valence-corrected chi connectivity index (χ2v) is 4.34. The molecule has 0 radical (unpaired) electrons. The molecule has 1 atom stereocenters. The number of carbonyl (C=O) groups excluding carboxylic acids is 1. The molecular weight excluding hydrogens is 299 g/mol. The van der Waals surface area contributed by atoms with Crippen LogP contribution in [0.5, 0.6) is 0 Å². The number of hydrogen-bond donors (Lipinski definition) is 2. The fourth-order valence-electron chi connectivity index (χ4n) is 1.69. The maximum absolute atomic E-state index is 13.2. The first-order valence-electron chi connectivity index (χ1n) is 6.37. The number of aliphatic carboxylic acids is 1. The fourth-order valence-corrected chi connectivity index (χ4v) is 1.69. The zero-order chi connectivity index (χ0) is 16.7. The van der Waals surface area contributed by atoms with Crippen molar-refractivity contribution in [1.29, 1.82) is 0 Å². The van der Waals surface area contributed by atoms with Crippen molar-refractivity contribution in [3.05, 3.63) is 39.7 Å². The highest BCUT2D eigenvalue weighted by Gasteiger charge is 2.22. The van der Waals surface area contributed by atoms with Crippen LogP contribution in [0.15, 0.2) is 18.2 Å². The van der Waals surface area contributed by atoms with Gasteiger partial charge in [0.15, 0.2) is 0 Å². The average molecular weight is 314 g/mol. The maximum atomic E-state index is 13.2. The molecule has 0 aromatic heterocycles. The van der Waals surface area contributed by atoms with Gasteiger partial charge in [0.1, 0.15) is 12.6 Å². The summed E-state index contributed by atoms with van der Waals surface area (Å²) in [6.45, 7) is 1.69. The molecule has 0 heterocycles. The monoisotopic (exact) mass is 314 g/mol. The predicted molar refractivity (Wildman–Crippen MR) is 72.8 cm³/mol. The van der Waals surface area contributed by atoms with Gasteiger partial charge in [0, 0.05) is 19.1 Å². The molecule has 1 aromatic carbocycles. The van der Waals surface area contributed by atoms with Crippen molar-refractivity contribution < 1.29 is 28.7 Å². The molecule has 2 N–H and O–H groups in total. The van der Waals surface area contributed by atoms with Gasteiger partial charge in [-0.2, -0.15) is 4.39 Å².